The SMILES string of the molecule is CCC(C)(C)NC(=O)CNc1ccc(Br)c(Cl)c1. The number of hydrogen-bond acceptors (Lipinski definition) is 2. The summed E-state index contributed by atoms with van der Waals surface area (Å²) in [6.07, 6.45) is 0.892. The summed E-state index contributed by atoms with van der Waals surface area (Å²) in [5.74, 6) is -0.0270. The smallest absolute Gasteiger partial charge is 0.239 e. The van der Waals surface area contributed by atoms with Gasteiger partial charge >= 0.3 is 0 Å². The molecule has 0 saturated carbocycles. The van der Waals surface area contributed by atoms with Crippen LogP contribution in [-0.4, -0.2) is 18.0 Å². The van der Waals surface area contributed by atoms with Gasteiger partial charge in [0, 0.05) is 15.7 Å². The van der Waals surface area contributed by atoms with Crippen LogP contribution in [0.5, 0.6) is 0 Å². The van der Waals surface area contributed by atoms with E-state index in [9.17, 15) is 4.79 Å². The molecule has 18 heavy (non-hydrogen) atoms. The minimum absolute atomic E-state index is 0.0270. The fourth-order valence-electron chi connectivity index (χ4n) is 1.30. The summed E-state index contributed by atoms with van der Waals surface area (Å²) in [5.41, 5.74) is 0.656. The molecule has 0 fully saturated rings. The minimum Gasteiger partial charge on any atom is -0.376 e. The number of carbonyl (C=O) groups is 1. The van der Waals surface area contributed by atoms with Crippen LogP contribution >= 0.6 is 27.5 Å². The van der Waals surface area contributed by atoms with Gasteiger partial charge in [0.25, 0.3) is 0 Å². The van der Waals surface area contributed by atoms with Crippen LogP contribution in [0.1, 0.15) is 27.2 Å². The van der Waals surface area contributed by atoms with Crippen molar-refractivity contribution in [3.8, 4) is 0 Å². The van der Waals surface area contributed by atoms with Crippen LogP contribution in [0.15, 0.2) is 22.7 Å². The lowest BCUT2D eigenvalue weighted by molar-refractivity contribution is -0.121. The van der Waals surface area contributed by atoms with Gasteiger partial charge in [0.15, 0.2) is 0 Å². The molecule has 100 valence electrons. The third kappa shape index (κ3) is 4.86. The van der Waals surface area contributed by atoms with Gasteiger partial charge in [-0.15, -0.1) is 0 Å². The Balaban J connectivity index is 2.50. The number of hydrogen-bond donors (Lipinski definition) is 2. The van der Waals surface area contributed by atoms with Crippen molar-refractivity contribution in [3.63, 3.8) is 0 Å². The Kier molecular flexibility index (Phi) is 5.47. The van der Waals surface area contributed by atoms with E-state index < -0.39 is 0 Å². The van der Waals surface area contributed by atoms with Gasteiger partial charge in [0.05, 0.1) is 11.6 Å². The second-order valence-electron chi connectivity index (χ2n) is 4.77. The van der Waals surface area contributed by atoms with Gasteiger partial charge in [-0.25, -0.2) is 0 Å². The molecule has 0 unspecified atom stereocenters. The zero-order chi connectivity index (χ0) is 13.8. The van der Waals surface area contributed by atoms with Crippen molar-refractivity contribution in [1.29, 1.82) is 0 Å². The predicted octanol–water partition coefficient (Wildman–Crippen LogP) is 3.82. The van der Waals surface area contributed by atoms with Gasteiger partial charge in [-0.05, 0) is 54.4 Å². The number of nitrogens with one attached hydrogen (secondary N) is 2. The Hall–Kier alpha value is -0.740. The molecule has 1 aromatic rings. The highest BCUT2D eigenvalue weighted by molar-refractivity contribution is 9.10. The van der Waals surface area contributed by atoms with Crippen molar-refractivity contribution in [2.75, 3.05) is 11.9 Å². The van der Waals surface area contributed by atoms with Crippen LogP contribution in [0.25, 0.3) is 0 Å². The molecule has 0 saturated heterocycles. The minimum atomic E-state index is -0.171. The molecule has 0 aromatic heterocycles. The third-order valence-corrected chi connectivity index (χ3v) is 3.97. The fourth-order valence-corrected chi connectivity index (χ4v) is 1.73. The Morgan fingerprint density at radius 1 is 1.44 bits per heavy atom. The van der Waals surface area contributed by atoms with Crippen LogP contribution in [0, 0.1) is 0 Å². The highest BCUT2D eigenvalue weighted by atomic mass is 79.9. The Labute approximate surface area is 121 Å². The number of amides is 1. The van der Waals surface area contributed by atoms with E-state index in [2.05, 4.69) is 26.6 Å². The quantitative estimate of drug-likeness (QED) is 0.860. The van der Waals surface area contributed by atoms with Gasteiger partial charge < -0.3 is 10.6 Å². The second kappa shape index (κ2) is 6.43. The van der Waals surface area contributed by atoms with Gasteiger partial charge in [0.1, 0.15) is 0 Å². The van der Waals surface area contributed by atoms with E-state index in [1.54, 1.807) is 6.07 Å². The highest BCUT2D eigenvalue weighted by Gasteiger charge is 2.17. The zero-order valence-electron chi connectivity index (χ0n) is 10.8. The molecule has 0 atom stereocenters. The predicted molar refractivity (Wildman–Crippen MR) is 80.2 cm³/mol. The Morgan fingerprint density at radius 2 is 2.11 bits per heavy atom. The molecule has 1 aromatic carbocycles. The van der Waals surface area contributed by atoms with Crippen molar-refractivity contribution in [2.24, 2.45) is 0 Å². The van der Waals surface area contributed by atoms with Gasteiger partial charge in [-0.1, -0.05) is 18.5 Å². The van der Waals surface area contributed by atoms with Gasteiger partial charge in [0.2, 0.25) is 5.91 Å². The summed E-state index contributed by atoms with van der Waals surface area (Å²) in [6, 6.07) is 5.50. The van der Waals surface area contributed by atoms with Crippen LogP contribution in [-0.2, 0) is 4.79 Å². The number of halogens is 2. The number of benzene rings is 1. The maximum Gasteiger partial charge on any atom is 0.239 e. The lowest BCUT2D eigenvalue weighted by atomic mass is 10.0. The molecule has 0 aliphatic carbocycles. The Morgan fingerprint density at radius 3 is 2.67 bits per heavy atom. The molecule has 0 aliphatic heterocycles. The highest BCUT2D eigenvalue weighted by Crippen LogP contribution is 2.25. The fraction of sp³-hybridized carbons (Fsp3) is 0.462. The van der Waals surface area contributed by atoms with E-state index in [1.807, 2.05) is 32.9 Å². The maximum absolute atomic E-state index is 11.7. The molecule has 0 spiro atoms. The van der Waals surface area contributed by atoms with Crippen LogP contribution in [0.3, 0.4) is 0 Å². The largest absolute Gasteiger partial charge is 0.376 e. The average Bonchev–Trinajstić information content (AvgIpc) is 2.30. The zero-order valence-corrected chi connectivity index (χ0v) is 13.2. The topological polar surface area (TPSA) is 41.1 Å². The van der Waals surface area contributed by atoms with E-state index in [-0.39, 0.29) is 18.0 Å². The molecular weight excluding hydrogens is 316 g/mol. The summed E-state index contributed by atoms with van der Waals surface area (Å²) in [4.78, 5) is 11.7. The van der Waals surface area contributed by atoms with Gasteiger partial charge in [-0.2, -0.15) is 0 Å². The van der Waals surface area contributed by atoms with E-state index >= 15 is 0 Å². The lowest BCUT2D eigenvalue weighted by Gasteiger charge is -2.24. The van der Waals surface area contributed by atoms with Crippen molar-refractivity contribution in [1.82, 2.24) is 5.32 Å². The van der Waals surface area contributed by atoms with Crippen molar-refractivity contribution in [3.05, 3.63) is 27.7 Å². The first kappa shape index (κ1) is 15.3. The molecule has 5 heteroatoms. The molecule has 0 bridgehead atoms. The van der Waals surface area contributed by atoms with E-state index in [4.69, 9.17) is 11.6 Å². The van der Waals surface area contributed by atoms with Gasteiger partial charge in [-0.3, -0.25) is 4.79 Å². The summed E-state index contributed by atoms with van der Waals surface area (Å²) in [6.45, 7) is 6.28. The summed E-state index contributed by atoms with van der Waals surface area (Å²) in [7, 11) is 0. The molecule has 2 N–H and O–H groups in total. The molecular formula is C13H18BrClN2O. The summed E-state index contributed by atoms with van der Waals surface area (Å²) in [5, 5.41) is 6.62. The first-order chi connectivity index (χ1) is 8.34. The van der Waals surface area contributed by atoms with E-state index in [0.29, 0.717) is 5.02 Å². The molecule has 0 heterocycles. The number of carbonyl (C=O) groups excluding carboxylic acids is 1. The monoisotopic (exact) mass is 332 g/mol. The third-order valence-electron chi connectivity index (χ3n) is 2.73. The second-order valence-corrected chi connectivity index (χ2v) is 6.03. The molecule has 1 rings (SSSR count). The van der Waals surface area contributed by atoms with Crippen molar-refractivity contribution >= 4 is 39.1 Å². The van der Waals surface area contributed by atoms with Crippen LogP contribution in [0.2, 0.25) is 5.02 Å². The molecule has 3 nitrogen and oxygen atoms in total. The van der Waals surface area contributed by atoms with Crippen LogP contribution in [0.4, 0.5) is 5.69 Å². The Bertz CT molecular complexity index is 435. The van der Waals surface area contributed by atoms with Crippen LogP contribution < -0.4 is 10.6 Å². The first-order valence-electron chi connectivity index (χ1n) is 5.84. The summed E-state index contributed by atoms with van der Waals surface area (Å²) >= 11 is 9.29. The molecule has 0 radical (unpaired) electrons. The maximum atomic E-state index is 11.7. The molecule has 0 aliphatic rings. The summed E-state index contributed by atoms with van der Waals surface area (Å²) < 4.78 is 0.839. The number of anilines is 1. The van der Waals surface area contributed by atoms with E-state index in [0.717, 1.165) is 16.6 Å². The lowest BCUT2D eigenvalue weighted by Crippen LogP contribution is -2.45. The first-order valence-corrected chi connectivity index (χ1v) is 7.01. The van der Waals surface area contributed by atoms with Crippen molar-refractivity contribution in [2.45, 2.75) is 32.7 Å². The normalized spacial score (nSPS) is 11.2. The average molecular weight is 334 g/mol. The van der Waals surface area contributed by atoms with E-state index in [1.165, 1.54) is 0 Å². The number of rotatable bonds is 5. The molecule has 1 amide bonds. The standard InChI is InChI=1S/C13H18BrClN2O/c1-4-13(2,3)17-12(18)8-16-9-5-6-10(14)11(15)7-9/h5-7,16H,4,8H2,1-3H3,(H,17,18). The van der Waals surface area contributed by atoms with Crippen molar-refractivity contribution < 1.29 is 4.79 Å².